The second-order valence-corrected chi connectivity index (χ2v) is 3.54. The van der Waals surface area contributed by atoms with Gasteiger partial charge >= 0.3 is 5.97 Å². The summed E-state index contributed by atoms with van der Waals surface area (Å²) in [6, 6.07) is 0.171. The molecule has 1 N–H and O–H groups in total. The van der Waals surface area contributed by atoms with Crippen molar-refractivity contribution in [1.29, 1.82) is 0 Å². The molecular formula is C8H12N4O2. The summed E-state index contributed by atoms with van der Waals surface area (Å²) in [7, 11) is 0. The minimum atomic E-state index is -1.06. The molecule has 1 aliphatic carbocycles. The van der Waals surface area contributed by atoms with Gasteiger partial charge in [-0.3, -0.25) is 0 Å². The average Bonchev–Trinajstić information content (AvgIpc) is 2.67. The lowest BCUT2D eigenvalue weighted by molar-refractivity contribution is 0.0670. The summed E-state index contributed by atoms with van der Waals surface area (Å²) >= 11 is 0. The lowest BCUT2D eigenvalue weighted by atomic mass is 9.96. The minimum Gasteiger partial charge on any atom is -0.475 e. The molecule has 76 valence electrons. The van der Waals surface area contributed by atoms with Gasteiger partial charge in [-0.2, -0.15) is 0 Å². The van der Waals surface area contributed by atoms with Gasteiger partial charge in [0.15, 0.2) is 0 Å². The van der Waals surface area contributed by atoms with Crippen molar-refractivity contribution < 1.29 is 9.90 Å². The van der Waals surface area contributed by atoms with Crippen LogP contribution in [0, 0.1) is 0 Å². The number of hydrogen-bond acceptors (Lipinski definition) is 4. The Morgan fingerprint density at radius 3 is 2.71 bits per heavy atom. The van der Waals surface area contributed by atoms with E-state index in [0.29, 0.717) is 0 Å². The third kappa shape index (κ3) is 1.59. The first kappa shape index (κ1) is 9.11. The fraction of sp³-hybridized carbons (Fsp3) is 0.750. The van der Waals surface area contributed by atoms with Crippen LogP contribution in [0.25, 0.3) is 0 Å². The van der Waals surface area contributed by atoms with E-state index in [-0.39, 0.29) is 11.9 Å². The molecule has 0 radical (unpaired) electrons. The van der Waals surface area contributed by atoms with Gasteiger partial charge in [0.1, 0.15) is 0 Å². The third-order valence-corrected chi connectivity index (χ3v) is 2.60. The number of aromatic carboxylic acids is 1. The van der Waals surface area contributed by atoms with Gasteiger partial charge in [-0.1, -0.05) is 19.3 Å². The van der Waals surface area contributed by atoms with Crippen LogP contribution in [0.15, 0.2) is 0 Å². The molecule has 0 aromatic carbocycles. The summed E-state index contributed by atoms with van der Waals surface area (Å²) in [5.41, 5.74) is 0. The SMILES string of the molecule is O=C(O)c1nnnn1C1CCCCC1. The summed E-state index contributed by atoms with van der Waals surface area (Å²) in [5.74, 6) is -1.10. The molecule has 0 aliphatic heterocycles. The zero-order chi connectivity index (χ0) is 9.97. The van der Waals surface area contributed by atoms with Crippen molar-refractivity contribution in [3.8, 4) is 0 Å². The second kappa shape index (κ2) is 3.73. The molecule has 6 heteroatoms. The van der Waals surface area contributed by atoms with E-state index in [4.69, 9.17) is 5.11 Å². The van der Waals surface area contributed by atoms with Gasteiger partial charge in [-0.05, 0) is 23.3 Å². The monoisotopic (exact) mass is 196 g/mol. The van der Waals surface area contributed by atoms with Crippen molar-refractivity contribution in [2.24, 2.45) is 0 Å². The van der Waals surface area contributed by atoms with Crippen molar-refractivity contribution >= 4 is 5.97 Å². The normalized spacial score (nSPS) is 18.3. The molecule has 14 heavy (non-hydrogen) atoms. The zero-order valence-corrected chi connectivity index (χ0v) is 7.76. The zero-order valence-electron chi connectivity index (χ0n) is 7.76. The van der Waals surface area contributed by atoms with Crippen LogP contribution in [-0.2, 0) is 0 Å². The molecule has 1 saturated carbocycles. The summed E-state index contributed by atoms with van der Waals surface area (Å²) in [5, 5.41) is 19.5. The largest absolute Gasteiger partial charge is 0.475 e. The number of carbonyl (C=O) groups is 1. The van der Waals surface area contributed by atoms with E-state index >= 15 is 0 Å². The molecule has 0 saturated heterocycles. The number of carboxylic acid groups (broad SMARTS) is 1. The maximum atomic E-state index is 10.8. The Kier molecular flexibility index (Phi) is 2.43. The maximum Gasteiger partial charge on any atom is 0.375 e. The predicted octanol–water partition coefficient (Wildman–Crippen LogP) is 0.876. The van der Waals surface area contributed by atoms with Crippen LogP contribution in [-0.4, -0.2) is 31.3 Å². The van der Waals surface area contributed by atoms with Gasteiger partial charge < -0.3 is 5.11 Å². The van der Waals surface area contributed by atoms with Gasteiger partial charge in [0.2, 0.25) is 0 Å². The van der Waals surface area contributed by atoms with Crippen LogP contribution < -0.4 is 0 Å². The Labute approximate surface area is 80.9 Å². The summed E-state index contributed by atoms with van der Waals surface area (Å²) in [6.45, 7) is 0. The fourth-order valence-corrected chi connectivity index (χ4v) is 1.91. The molecular weight excluding hydrogens is 184 g/mol. The van der Waals surface area contributed by atoms with E-state index in [1.165, 1.54) is 11.1 Å². The van der Waals surface area contributed by atoms with Crippen LogP contribution in [0.4, 0.5) is 0 Å². The van der Waals surface area contributed by atoms with Crippen LogP contribution in [0.2, 0.25) is 0 Å². The third-order valence-electron chi connectivity index (χ3n) is 2.60. The summed E-state index contributed by atoms with van der Waals surface area (Å²) in [4.78, 5) is 10.8. The van der Waals surface area contributed by atoms with Crippen molar-refractivity contribution in [1.82, 2.24) is 20.2 Å². The van der Waals surface area contributed by atoms with Crippen molar-refractivity contribution in [3.05, 3.63) is 5.82 Å². The lowest BCUT2D eigenvalue weighted by Gasteiger charge is -2.21. The fourth-order valence-electron chi connectivity index (χ4n) is 1.91. The number of nitrogens with zero attached hydrogens (tertiary/aromatic N) is 4. The number of rotatable bonds is 2. The van der Waals surface area contributed by atoms with Crippen molar-refractivity contribution in [2.45, 2.75) is 38.1 Å². The second-order valence-electron chi connectivity index (χ2n) is 3.54. The smallest absolute Gasteiger partial charge is 0.375 e. The van der Waals surface area contributed by atoms with E-state index in [9.17, 15) is 4.79 Å². The predicted molar refractivity (Wildman–Crippen MR) is 46.9 cm³/mol. The molecule has 1 aliphatic rings. The highest BCUT2D eigenvalue weighted by atomic mass is 16.4. The summed E-state index contributed by atoms with van der Waals surface area (Å²) < 4.78 is 1.45. The molecule has 1 fully saturated rings. The Balaban J connectivity index is 2.21. The molecule has 0 amide bonds. The molecule has 1 heterocycles. The van der Waals surface area contributed by atoms with E-state index < -0.39 is 5.97 Å². The quantitative estimate of drug-likeness (QED) is 0.759. The minimum absolute atomic E-state index is 0.0445. The molecule has 0 unspecified atom stereocenters. The van der Waals surface area contributed by atoms with Gasteiger partial charge in [0.05, 0.1) is 6.04 Å². The lowest BCUT2D eigenvalue weighted by Crippen LogP contribution is -2.19. The Morgan fingerprint density at radius 1 is 1.36 bits per heavy atom. The van der Waals surface area contributed by atoms with E-state index in [0.717, 1.165) is 25.7 Å². The van der Waals surface area contributed by atoms with Crippen molar-refractivity contribution in [3.63, 3.8) is 0 Å². The molecule has 0 bridgehead atoms. The first-order valence-electron chi connectivity index (χ1n) is 4.80. The highest BCUT2D eigenvalue weighted by Gasteiger charge is 2.22. The highest BCUT2D eigenvalue weighted by molar-refractivity contribution is 5.83. The van der Waals surface area contributed by atoms with Crippen LogP contribution in [0.1, 0.15) is 48.8 Å². The van der Waals surface area contributed by atoms with Gasteiger partial charge in [-0.15, -0.1) is 5.10 Å². The first-order valence-corrected chi connectivity index (χ1v) is 4.80. The number of carboxylic acids is 1. The average molecular weight is 196 g/mol. The van der Waals surface area contributed by atoms with Gasteiger partial charge in [0, 0.05) is 0 Å². The molecule has 1 aromatic heterocycles. The van der Waals surface area contributed by atoms with E-state index in [2.05, 4.69) is 15.5 Å². The van der Waals surface area contributed by atoms with E-state index in [1.807, 2.05) is 0 Å². The van der Waals surface area contributed by atoms with Crippen LogP contribution in [0.5, 0.6) is 0 Å². The topological polar surface area (TPSA) is 80.9 Å². The molecule has 6 nitrogen and oxygen atoms in total. The molecule has 0 spiro atoms. The number of aromatic nitrogens is 4. The maximum absolute atomic E-state index is 10.8. The molecule has 0 atom stereocenters. The Hall–Kier alpha value is -1.46. The van der Waals surface area contributed by atoms with Crippen molar-refractivity contribution in [2.75, 3.05) is 0 Å². The van der Waals surface area contributed by atoms with Crippen LogP contribution >= 0.6 is 0 Å². The molecule has 2 rings (SSSR count). The Morgan fingerprint density at radius 2 is 2.07 bits per heavy atom. The Bertz CT molecular complexity index is 330. The number of hydrogen-bond donors (Lipinski definition) is 1. The number of tetrazole rings is 1. The standard InChI is InChI=1S/C8H12N4O2/c13-8(14)7-9-10-11-12(7)6-4-2-1-3-5-6/h6H,1-5H2,(H,13,14). The first-order chi connectivity index (χ1) is 6.79. The highest BCUT2D eigenvalue weighted by Crippen LogP contribution is 2.27. The van der Waals surface area contributed by atoms with Gasteiger partial charge in [-0.25, -0.2) is 9.48 Å². The van der Waals surface area contributed by atoms with Crippen LogP contribution in [0.3, 0.4) is 0 Å². The molecule has 1 aromatic rings. The van der Waals surface area contributed by atoms with Gasteiger partial charge in [0.25, 0.3) is 5.82 Å². The van der Waals surface area contributed by atoms with E-state index in [1.54, 1.807) is 0 Å². The summed E-state index contributed by atoms with van der Waals surface area (Å²) in [6.07, 6.45) is 5.44.